The Bertz CT molecular complexity index is 559. The predicted octanol–water partition coefficient (Wildman–Crippen LogP) is 2.69. The van der Waals surface area contributed by atoms with E-state index in [9.17, 15) is 4.79 Å². The molecule has 2 rings (SSSR count). The van der Waals surface area contributed by atoms with E-state index in [-0.39, 0.29) is 17.3 Å². The zero-order chi connectivity index (χ0) is 16.1. The van der Waals surface area contributed by atoms with Crippen LogP contribution >= 0.6 is 11.6 Å². The molecule has 1 aliphatic rings. The topological polar surface area (TPSA) is 76.6 Å². The fourth-order valence-electron chi connectivity index (χ4n) is 2.22. The lowest BCUT2D eigenvalue weighted by molar-refractivity contribution is 0.119. The summed E-state index contributed by atoms with van der Waals surface area (Å²) in [4.78, 5) is 13.4. The van der Waals surface area contributed by atoms with Gasteiger partial charge < -0.3 is 19.7 Å². The summed E-state index contributed by atoms with van der Waals surface area (Å²) in [5.74, 6) is 1.49. The molecule has 7 nitrogen and oxygen atoms in total. The van der Waals surface area contributed by atoms with E-state index in [0.29, 0.717) is 30.4 Å². The smallest absolute Gasteiger partial charge is 0.414 e. The van der Waals surface area contributed by atoms with Gasteiger partial charge in [-0.3, -0.25) is 0 Å². The van der Waals surface area contributed by atoms with Gasteiger partial charge in [0.15, 0.2) is 16.7 Å². The van der Waals surface area contributed by atoms with Crippen LogP contribution in [-0.2, 0) is 4.74 Å². The van der Waals surface area contributed by atoms with Crippen LogP contribution in [-0.4, -0.2) is 47.4 Å². The number of methoxy groups -OCH3 is 1. The third-order valence-corrected chi connectivity index (χ3v) is 3.49. The zero-order valence-electron chi connectivity index (χ0n) is 12.6. The maximum Gasteiger partial charge on any atom is 0.414 e. The van der Waals surface area contributed by atoms with E-state index in [2.05, 4.69) is 22.1 Å². The molecule has 2 heterocycles. The monoisotopic (exact) mass is 326 g/mol. The first-order valence-corrected chi connectivity index (χ1v) is 7.33. The van der Waals surface area contributed by atoms with E-state index < -0.39 is 0 Å². The second-order valence-electron chi connectivity index (χ2n) is 5.06. The van der Waals surface area contributed by atoms with Crippen molar-refractivity contribution in [2.45, 2.75) is 25.8 Å². The summed E-state index contributed by atoms with van der Waals surface area (Å²) in [6.45, 7) is 6.42. The minimum Gasteiger partial charge on any atom is -0.493 e. The van der Waals surface area contributed by atoms with Crippen molar-refractivity contribution in [2.24, 2.45) is 0 Å². The van der Waals surface area contributed by atoms with E-state index in [1.54, 1.807) is 25.0 Å². The number of anilines is 1. The molecule has 0 aromatic carbocycles. The summed E-state index contributed by atoms with van der Waals surface area (Å²) < 4.78 is 10.2. The van der Waals surface area contributed by atoms with Crippen molar-refractivity contribution in [3.8, 4) is 5.75 Å². The second-order valence-corrected chi connectivity index (χ2v) is 5.45. The molecule has 8 heteroatoms. The number of hydrogen-bond acceptors (Lipinski definition) is 6. The highest BCUT2D eigenvalue weighted by Crippen LogP contribution is 2.25. The maximum absolute atomic E-state index is 11.8. The Kier molecular flexibility index (Phi) is 5.43. The van der Waals surface area contributed by atoms with Gasteiger partial charge in [0, 0.05) is 25.2 Å². The Morgan fingerprint density at radius 2 is 2.14 bits per heavy atom. The number of likely N-dealkylation sites (tertiary alicyclic amines) is 1. The fraction of sp³-hybridized carbons (Fsp3) is 0.500. The van der Waals surface area contributed by atoms with Crippen LogP contribution in [0.25, 0.3) is 0 Å². The van der Waals surface area contributed by atoms with E-state index in [1.165, 1.54) is 0 Å². The minimum atomic E-state index is -0.352. The summed E-state index contributed by atoms with van der Waals surface area (Å²) in [5, 5.41) is 11.4. The first-order valence-electron chi connectivity index (χ1n) is 6.95. The molecule has 0 saturated carbocycles. The molecule has 120 valence electrons. The van der Waals surface area contributed by atoms with Gasteiger partial charge in [0.1, 0.15) is 0 Å². The lowest BCUT2D eigenvalue weighted by Crippen LogP contribution is -2.42. The fourth-order valence-corrected chi connectivity index (χ4v) is 2.36. The van der Waals surface area contributed by atoms with Crippen LogP contribution in [0.5, 0.6) is 5.75 Å². The van der Waals surface area contributed by atoms with Gasteiger partial charge in [-0.1, -0.05) is 18.2 Å². The van der Waals surface area contributed by atoms with Crippen LogP contribution in [0.1, 0.15) is 19.8 Å². The first kappa shape index (κ1) is 16.4. The van der Waals surface area contributed by atoms with Gasteiger partial charge in [0.2, 0.25) is 0 Å². The number of allylic oxidation sites excluding steroid dienone is 1. The van der Waals surface area contributed by atoms with Gasteiger partial charge in [0.05, 0.1) is 12.9 Å². The number of halogens is 1. The van der Waals surface area contributed by atoms with Crippen LogP contribution in [0.4, 0.5) is 10.6 Å². The van der Waals surface area contributed by atoms with Crippen molar-refractivity contribution in [1.29, 1.82) is 0 Å². The van der Waals surface area contributed by atoms with E-state index in [4.69, 9.17) is 21.1 Å². The second kappa shape index (κ2) is 7.31. The Hall–Kier alpha value is -2.02. The standard InChI is InChI=1S/C14H19ClN4O3/c1-9(2)22-14(20)19-6-4-10(5-7-19)16-13-11(21-3)8-12(15)17-18-13/h8,10H,1,4-7H2,2-3H3,(H,16,18). The highest BCUT2D eigenvalue weighted by Gasteiger charge is 2.25. The summed E-state index contributed by atoms with van der Waals surface area (Å²) in [7, 11) is 1.55. The quantitative estimate of drug-likeness (QED) is 0.857. The molecule has 22 heavy (non-hydrogen) atoms. The molecule has 0 atom stereocenters. The molecule has 1 fully saturated rings. The van der Waals surface area contributed by atoms with Gasteiger partial charge in [-0.2, -0.15) is 0 Å². The molecule has 1 aromatic rings. The van der Waals surface area contributed by atoms with Crippen molar-refractivity contribution in [3.63, 3.8) is 0 Å². The van der Waals surface area contributed by atoms with E-state index >= 15 is 0 Å². The molecule has 0 radical (unpaired) electrons. The summed E-state index contributed by atoms with van der Waals surface area (Å²) in [6.07, 6.45) is 1.20. The lowest BCUT2D eigenvalue weighted by Gasteiger charge is -2.32. The molecule has 1 amide bonds. The highest BCUT2D eigenvalue weighted by atomic mass is 35.5. The van der Waals surface area contributed by atoms with Crippen molar-refractivity contribution in [3.05, 3.63) is 23.6 Å². The SMILES string of the molecule is C=C(C)OC(=O)N1CCC(Nc2nnc(Cl)cc2OC)CC1. The zero-order valence-corrected chi connectivity index (χ0v) is 13.4. The molecule has 0 bridgehead atoms. The number of ether oxygens (including phenoxy) is 2. The number of hydrogen-bond donors (Lipinski definition) is 1. The van der Waals surface area contributed by atoms with Gasteiger partial charge in [-0.25, -0.2) is 4.79 Å². The minimum absolute atomic E-state index is 0.179. The van der Waals surface area contributed by atoms with Crippen molar-refractivity contribution in [1.82, 2.24) is 15.1 Å². The summed E-state index contributed by atoms with van der Waals surface area (Å²) in [6, 6.07) is 1.79. The Morgan fingerprint density at radius 3 is 2.73 bits per heavy atom. The molecular formula is C14H19ClN4O3. The number of nitrogens with one attached hydrogen (secondary N) is 1. The Morgan fingerprint density at radius 1 is 1.45 bits per heavy atom. The molecular weight excluding hydrogens is 308 g/mol. The van der Waals surface area contributed by atoms with Gasteiger partial charge in [0.25, 0.3) is 0 Å². The van der Waals surface area contributed by atoms with Crippen molar-refractivity contribution >= 4 is 23.5 Å². The van der Waals surface area contributed by atoms with Crippen molar-refractivity contribution < 1.29 is 14.3 Å². The van der Waals surface area contributed by atoms with Crippen LogP contribution in [0.3, 0.4) is 0 Å². The van der Waals surface area contributed by atoms with Gasteiger partial charge >= 0.3 is 6.09 Å². The van der Waals surface area contributed by atoms with Gasteiger partial charge in [-0.05, 0) is 19.8 Å². The Labute approximate surface area is 134 Å². The molecule has 0 unspecified atom stereocenters. The molecule has 0 spiro atoms. The normalized spacial score (nSPS) is 15.3. The third kappa shape index (κ3) is 4.24. The molecule has 1 N–H and O–H groups in total. The molecule has 1 aliphatic heterocycles. The average Bonchev–Trinajstić information content (AvgIpc) is 2.49. The van der Waals surface area contributed by atoms with E-state index in [1.807, 2.05) is 0 Å². The van der Waals surface area contributed by atoms with Gasteiger partial charge in [-0.15, -0.1) is 10.2 Å². The van der Waals surface area contributed by atoms with Crippen LogP contribution in [0, 0.1) is 0 Å². The third-order valence-electron chi connectivity index (χ3n) is 3.30. The number of rotatable bonds is 4. The maximum atomic E-state index is 11.8. The number of carbonyl (C=O) groups excluding carboxylic acids is 1. The van der Waals surface area contributed by atoms with Crippen LogP contribution < -0.4 is 10.1 Å². The predicted molar refractivity (Wildman–Crippen MR) is 83.1 cm³/mol. The number of amides is 1. The molecule has 1 saturated heterocycles. The number of piperidine rings is 1. The van der Waals surface area contributed by atoms with Crippen LogP contribution in [0.15, 0.2) is 18.4 Å². The number of nitrogens with zero attached hydrogens (tertiary/aromatic N) is 3. The first-order chi connectivity index (χ1) is 10.5. The molecule has 0 aliphatic carbocycles. The van der Waals surface area contributed by atoms with E-state index in [0.717, 1.165) is 12.8 Å². The summed E-state index contributed by atoms with van der Waals surface area (Å²) in [5.41, 5.74) is 0. The molecule has 1 aromatic heterocycles. The van der Waals surface area contributed by atoms with Crippen molar-refractivity contribution in [2.75, 3.05) is 25.5 Å². The lowest BCUT2D eigenvalue weighted by atomic mass is 10.1. The summed E-state index contributed by atoms with van der Waals surface area (Å²) >= 11 is 5.79. The number of carbonyl (C=O) groups is 1. The van der Waals surface area contributed by atoms with Crippen LogP contribution in [0.2, 0.25) is 5.15 Å². The largest absolute Gasteiger partial charge is 0.493 e. The highest BCUT2D eigenvalue weighted by molar-refractivity contribution is 6.29. The Balaban J connectivity index is 1.90. The average molecular weight is 327 g/mol. The number of aromatic nitrogens is 2.